The van der Waals surface area contributed by atoms with E-state index in [-0.39, 0.29) is 31.1 Å². The zero-order chi connectivity index (χ0) is 19.0. The molecule has 0 unspecified atom stereocenters. The number of carbonyl (C=O) groups is 2. The average molecular weight is 368 g/mol. The molecule has 2 aliphatic heterocycles. The second-order valence-corrected chi connectivity index (χ2v) is 6.79. The molecule has 7 heteroatoms. The van der Waals surface area contributed by atoms with Gasteiger partial charge in [-0.2, -0.15) is 0 Å². The molecule has 7 nitrogen and oxygen atoms in total. The van der Waals surface area contributed by atoms with Gasteiger partial charge in [-0.25, -0.2) is 0 Å². The van der Waals surface area contributed by atoms with Crippen LogP contribution in [0.15, 0.2) is 42.5 Å². The van der Waals surface area contributed by atoms with Gasteiger partial charge in [-0.15, -0.1) is 0 Å². The average Bonchev–Trinajstić information content (AvgIpc) is 3.11. The van der Waals surface area contributed by atoms with E-state index in [0.29, 0.717) is 28.6 Å². The summed E-state index contributed by atoms with van der Waals surface area (Å²) in [6, 6.07) is 12.4. The highest BCUT2D eigenvalue weighted by molar-refractivity contribution is 6.06. The maximum atomic E-state index is 12.9. The van der Waals surface area contributed by atoms with E-state index in [4.69, 9.17) is 14.2 Å². The first-order valence-electron chi connectivity index (χ1n) is 8.79. The van der Waals surface area contributed by atoms with Crippen molar-refractivity contribution in [2.45, 2.75) is 20.0 Å². The van der Waals surface area contributed by atoms with Gasteiger partial charge in [-0.1, -0.05) is 26.0 Å². The minimum absolute atomic E-state index is 0.00900. The fourth-order valence-corrected chi connectivity index (χ4v) is 3.14. The van der Waals surface area contributed by atoms with Crippen LogP contribution in [0, 0.1) is 5.92 Å². The fourth-order valence-electron chi connectivity index (χ4n) is 3.14. The van der Waals surface area contributed by atoms with Crippen LogP contribution in [0.4, 0.5) is 11.4 Å². The third-order valence-electron chi connectivity index (χ3n) is 4.48. The van der Waals surface area contributed by atoms with Gasteiger partial charge in [0.05, 0.1) is 5.69 Å². The number of rotatable bonds is 4. The van der Waals surface area contributed by atoms with Gasteiger partial charge in [0.1, 0.15) is 12.3 Å². The summed E-state index contributed by atoms with van der Waals surface area (Å²) in [5, 5.41) is 2.81. The summed E-state index contributed by atoms with van der Waals surface area (Å²) in [6.07, 6.45) is -0.613. The van der Waals surface area contributed by atoms with Gasteiger partial charge >= 0.3 is 0 Å². The van der Waals surface area contributed by atoms with Crippen LogP contribution in [0.3, 0.4) is 0 Å². The molecule has 4 rings (SSSR count). The molecule has 0 saturated carbocycles. The number of hydrogen-bond donors (Lipinski definition) is 1. The van der Waals surface area contributed by atoms with Crippen LogP contribution in [-0.4, -0.2) is 31.3 Å². The lowest BCUT2D eigenvalue weighted by Gasteiger charge is -2.35. The standard InChI is InChI=1S/C20H20N2O5/c1-12(2)19-20(24)22(14-5-3-4-6-15(14)27-19)10-18(23)21-13-7-8-16-17(9-13)26-11-25-16/h3-9,12,19H,10-11H2,1-2H3,(H,21,23)/t19-/m1/s1. The third-order valence-corrected chi connectivity index (χ3v) is 4.48. The predicted molar refractivity (Wildman–Crippen MR) is 99.2 cm³/mol. The number of carbonyl (C=O) groups excluding carboxylic acids is 2. The Morgan fingerprint density at radius 3 is 2.74 bits per heavy atom. The summed E-state index contributed by atoms with van der Waals surface area (Å²) in [5.41, 5.74) is 1.18. The van der Waals surface area contributed by atoms with Crippen molar-refractivity contribution in [3.8, 4) is 17.2 Å². The van der Waals surface area contributed by atoms with E-state index < -0.39 is 6.10 Å². The topological polar surface area (TPSA) is 77.1 Å². The number of ether oxygens (including phenoxy) is 3. The second-order valence-electron chi connectivity index (χ2n) is 6.79. The maximum Gasteiger partial charge on any atom is 0.268 e. The molecule has 0 bridgehead atoms. The molecule has 0 aromatic heterocycles. The number of fused-ring (bicyclic) bond motifs is 2. The lowest BCUT2D eigenvalue weighted by atomic mass is 10.0. The molecule has 140 valence electrons. The van der Waals surface area contributed by atoms with Crippen LogP contribution in [0.1, 0.15) is 13.8 Å². The van der Waals surface area contributed by atoms with Crippen molar-refractivity contribution in [1.82, 2.24) is 0 Å². The van der Waals surface area contributed by atoms with Crippen molar-refractivity contribution >= 4 is 23.2 Å². The molecule has 0 fully saturated rings. The number of nitrogens with zero attached hydrogens (tertiary/aromatic N) is 1. The first-order valence-corrected chi connectivity index (χ1v) is 8.79. The Bertz CT molecular complexity index is 896. The normalized spacial score (nSPS) is 17.5. The second kappa shape index (κ2) is 6.83. The fraction of sp³-hybridized carbons (Fsp3) is 0.300. The van der Waals surface area contributed by atoms with Crippen molar-refractivity contribution < 1.29 is 23.8 Å². The van der Waals surface area contributed by atoms with Crippen LogP contribution < -0.4 is 24.4 Å². The van der Waals surface area contributed by atoms with Gasteiger partial charge < -0.3 is 19.5 Å². The lowest BCUT2D eigenvalue weighted by molar-refractivity contribution is -0.129. The summed E-state index contributed by atoms with van der Waals surface area (Å²) in [4.78, 5) is 26.9. The number of para-hydroxylation sites is 2. The molecule has 0 radical (unpaired) electrons. The molecule has 2 heterocycles. The molecular weight excluding hydrogens is 348 g/mol. The van der Waals surface area contributed by atoms with E-state index in [9.17, 15) is 9.59 Å². The molecule has 0 saturated heterocycles. The van der Waals surface area contributed by atoms with Crippen LogP contribution in [-0.2, 0) is 9.59 Å². The molecule has 2 amide bonds. The van der Waals surface area contributed by atoms with Crippen LogP contribution in [0.25, 0.3) is 0 Å². The first kappa shape index (κ1) is 17.2. The number of hydrogen-bond acceptors (Lipinski definition) is 5. The van der Waals surface area contributed by atoms with Crippen LogP contribution in [0.2, 0.25) is 0 Å². The SMILES string of the molecule is CC(C)[C@H]1Oc2ccccc2N(CC(=O)Nc2ccc3c(c2)OCO3)C1=O. The molecule has 0 spiro atoms. The van der Waals surface area contributed by atoms with Crippen molar-refractivity contribution in [2.75, 3.05) is 23.6 Å². The predicted octanol–water partition coefficient (Wildman–Crippen LogP) is 2.80. The summed E-state index contributed by atoms with van der Waals surface area (Å²) < 4.78 is 16.4. The Kier molecular flexibility index (Phi) is 4.35. The number of anilines is 2. The van der Waals surface area contributed by atoms with Gasteiger partial charge in [0.15, 0.2) is 17.6 Å². The molecule has 1 N–H and O–H groups in total. The zero-order valence-electron chi connectivity index (χ0n) is 15.1. The first-order chi connectivity index (χ1) is 13.0. The van der Waals surface area contributed by atoms with Crippen LogP contribution >= 0.6 is 0 Å². The minimum atomic E-state index is -0.613. The highest BCUT2D eigenvalue weighted by atomic mass is 16.7. The monoisotopic (exact) mass is 368 g/mol. The Labute approximate surface area is 156 Å². The molecule has 2 aliphatic rings. The molecule has 2 aromatic carbocycles. The molecule has 0 aliphatic carbocycles. The summed E-state index contributed by atoms with van der Waals surface area (Å²) in [6.45, 7) is 3.90. The van der Waals surface area contributed by atoms with Gasteiger partial charge in [-0.05, 0) is 30.2 Å². The highest BCUT2D eigenvalue weighted by Crippen LogP contribution is 2.36. The number of benzene rings is 2. The minimum Gasteiger partial charge on any atom is -0.478 e. The van der Waals surface area contributed by atoms with Gasteiger partial charge in [0.25, 0.3) is 5.91 Å². The molecule has 2 aromatic rings. The maximum absolute atomic E-state index is 12.9. The quantitative estimate of drug-likeness (QED) is 0.898. The number of amides is 2. The molecule has 27 heavy (non-hydrogen) atoms. The highest BCUT2D eigenvalue weighted by Gasteiger charge is 2.37. The summed E-state index contributed by atoms with van der Waals surface area (Å²) in [5.74, 6) is 1.30. The summed E-state index contributed by atoms with van der Waals surface area (Å²) >= 11 is 0. The van der Waals surface area contributed by atoms with Crippen molar-refractivity contribution in [1.29, 1.82) is 0 Å². The van der Waals surface area contributed by atoms with E-state index in [1.54, 1.807) is 30.3 Å². The van der Waals surface area contributed by atoms with Crippen LogP contribution in [0.5, 0.6) is 17.2 Å². The lowest BCUT2D eigenvalue weighted by Crippen LogP contribution is -2.50. The number of nitrogens with one attached hydrogen (secondary N) is 1. The zero-order valence-corrected chi connectivity index (χ0v) is 15.1. The van der Waals surface area contributed by atoms with Gasteiger partial charge in [0, 0.05) is 11.8 Å². The van der Waals surface area contributed by atoms with Gasteiger partial charge in [0.2, 0.25) is 12.7 Å². The van der Waals surface area contributed by atoms with E-state index in [0.717, 1.165) is 0 Å². The molecular formula is C20H20N2O5. The van der Waals surface area contributed by atoms with Crippen molar-refractivity contribution in [3.05, 3.63) is 42.5 Å². The van der Waals surface area contributed by atoms with E-state index in [1.165, 1.54) is 4.90 Å². The summed E-state index contributed by atoms with van der Waals surface area (Å²) in [7, 11) is 0. The molecule has 1 atom stereocenters. The Hall–Kier alpha value is -3.22. The van der Waals surface area contributed by atoms with E-state index in [1.807, 2.05) is 26.0 Å². The largest absolute Gasteiger partial charge is 0.478 e. The Morgan fingerprint density at radius 2 is 1.93 bits per heavy atom. The Balaban J connectivity index is 1.53. The van der Waals surface area contributed by atoms with Crippen molar-refractivity contribution in [3.63, 3.8) is 0 Å². The Morgan fingerprint density at radius 1 is 1.15 bits per heavy atom. The third kappa shape index (κ3) is 3.28. The van der Waals surface area contributed by atoms with Crippen molar-refractivity contribution in [2.24, 2.45) is 5.92 Å². The van der Waals surface area contributed by atoms with E-state index >= 15 is 0 Å². The van der Waals surface area contributed by atoms with E-state index in [2.05, 4.69) is 5.32 Å². The smallest absolute Gasteiger partial charge is 0.268 e. The van der Waals surface area contributed by atoms with Gasteiger partial charge in [-0.3, -0.25) is 14.5 Å².